The third-order valence-corrected chi connectivity index (χ3v) is 2.73. The van der Waals surface area contributed by atoms with Crippen LogP contribution in [-0.2, 0) is 11.3 Å². The van der Waals surface area contributed by atoms with E-state index in [1.807, 2.05) is 0 Å². The van der Waals surface area contributed by atoms with Crippen molar-refractivity contribution in [2.24, 2.45) is 5.92 Å². The van der Waals surface area contributed by atoms with Crippen molar-refractivity contribution in [1.82, 2.24) is 10.2 Å². The molecular weight excluding hydrogens is 238 g/mol. The van der Waals surface area contributed by atoms with Crippen molar-refractivity contribution in [2.45, 2.75) is 13.5 Å². The van der Waals surface area contributed by atoms with Gasteiger partial charge in [0.25, 0.3) is 0 Å². The molecule has 18 heavy (non-hydrogen) atoms. The van der Waals surface area contributed by atoms with Crippen LogP contribution in [0.4, 0.5) is 8.78 Å². The van der Waals surface area contributed by atoms with E-state index in [1.165, 1.54) is 17.0 Å². The molecule has 5 heteroatoms. The molecule has 0 saturated carbocycles. The van der Waals surface area contributed by atoms with Gasteiger partial charge in [0, 0.05) is 37.7 Å². The lowest BCUT2D eigenvalue weighted by atomic mass is 10.1. The zero-order valence-corrected chi connectivity index (χ0v) is 10.8. The van der Waals surface area contributed by atoms with E-state index in [4.69, 9.17) is 0 Å². The second-order valence-electron chi connectivity index (χ2n) is 4.39. The Morgan fingerprint density at radius 3 is 2.67 bits per heavy atom. The monoisotopic (exact) mass is 256 g/mol. The van der Waals surface area contributed by atoms with Gasteiger partial charge in [0.15, 0.2) is 0 Å². The number of rotatable bonds is 5. The second-order valence-corrected chi connectivity index (χ2v) is 4.39. The van der Waals surface area contributed by atoms with E-state index in [9.17, 15) is 13.6 Å². The van der Waals surface area contributed by atoms with Gasteiger partial charge < -0.3 is 10.2 Å². The molecule has 0 fully saturated rings. The predicted octanol–water partition coefficient (Wildman–Crippen LogP) is 1.78. The van der Waals surface area contributed by atoms with Crippen molar-refractivity contribution in [3.8, 4) is 0 Å². The van der Waals surface area contributed by atoms with Crippen LogP contribution >= 0.6 is 0 Å². The number of nitrogens with zero attached hydrogens (tertiary/aromatic N) is 1. The van der Waals surface area contributed by atoms with Crippen molar-refractivity contribution in [1.29, 1.82) is 0 Å². The van der Waals surface area contributed by atoms with Crippen LogP contribution in [0.25, 0.3) is 0 Å². The van der Waals surface area contributed by atoms with Gasteiger partial charge in [-0.1, -0.05) is 13.0 Å². The fourth-order valence-electron chi connectivity index (χ4n) is 1.75. The molecule has 1 rings (SSSR count). The minimum atomic E-state index is -0.629. The van der Waals surface area contributed by atoms with Gasteiger partial charge >= 0.3 is 0 Å². The summed E-state index contributed by atoms with van der Waals surface area (Å²) in [4.78, 5) is 13.3. The summed E-state index contributed by atoms with van der Waals surface area (Å²) in [5.74, 6) is -1.50. The summed E-state index contributed by atoms with van der Waals surface area (Å²) >= 11 is 0. The minimum Gasteiger partial charge on any atom is -0.341 e. The van der Waals surface area contributed by atoms with Gasteiger partial charge in [-0.15, -0.1) is 0 Å². The molecule has 0 aliphatic heterocycles. The maximum Gasteiger partial charge on any atom is 0.226 e. The maximum atomic E-state index is 13.4. The van der Waals surface area contributed by atoms with Gasteiger partial charge in [-0.05, 0) is 13.1 Å². The number of hydrogen-bond donors (Lipinski definition) is 1. The highest BCUT2D eigenvalue weighted by molar-refractivity contribution is 5.78. The Kier molecular flexibility index (Phi) is 5.22. The van der Waals surface area contributed by atoms with Crippen LogP contribution in [0.15, 0.2) is 18.2 Å². The van der Waals surface area contributed by atoms with Crippen molar-refractivity contribution in [3.05, 3.63) is 35.4 Å². The summed E-state index contributed by atoms with van der Waals surface area (Å²) in [6, 6.07) is 3.37. The largest absolute Gasteiger partial charge is 0.341 e. The lowest BCUT2D eigenvalue weighted by Crippen LogP contribution is -2.35. The number of nitrogens with one attached hydrogen (secondary N) is 1. The lowest BCUT2D eigenvalue weighted by molar-refractivity contribution is -0.134. The van der Waals surface area contributed by atoms with Crippen LogP contribution < -0.4 is 5.32 Å². The van der Waals surface area contributed by atoms with Gasteiger partial charge in [-0.25, -0.2) is 8.78 Å². The fourth-order valence-corrected chi connectivity index (χ4v) is 1.75. The molecule has 1 aromatic carbocycles. The summed E-state index contributed by atoms with van der Waals surface area (Å²) in [6.45, 7) is 2.50. The number of halogens is 2. The summed E-state index contributed by atoms with van der Waals surface area (Å²) in [6.07, 6.45) is 0. The summed E-state index contributed by atoms with van der Waals surface area (Å²) in [7, 11) is 3.38. The van der Waals surface area contributed by atoms with E-state index in [-0.39, 0.29) is 18.4 Å². The molecule has 1 amide bonds. The Balaban J connectivity index is 2.69. The second kappa shape index (κ2) is 6.44. The number of carbonyl (C=O) groups excluding carboxylic acids is 1. The molecule has 0 spiro atoms. The van der Waals surface area contributed by atoms with E-state index in [0.717, 1.165) is 6.07 Å². The normalized spacial score (nSPS) is 12.3. The van der Waals surface area contributed by atoms with E-state index < -0.39 is 11.6 Å². The van der Waals surface area contributed by atoms with Crippen molar-refractivity contribution >= 4 is 5.91 Å². The summed E-state index contributed by atoms with van der Waals surface area (Å²) in [5, 5.41) is 2.91. The molecule has 0 aliphatic carbocycles. The molecule has 0 aliphatic rings. The standard InChI is InChI=1S/C13H18F2N2O/c1-9(7-16-2)13(18)17(3)8-10-4-5-11(14)6-12(10)15/h4-6,9,16H,7-8H2,1-3H3. The molecule has 0 saturated heterocycles. The zero-order valence-electron chi connectivity index (χ0n) is 10.8. The van der Waals surface area contributed by atoms with Crippen molar-refractivity contribution in [2.75, 3.05) is 20.6 Å². The van der Waals surface area contributed by atoms with Crippen molar-refractivity contribution < 1.29 is 13.6 Å². The highest BCUT2D eigenvalue weighted by Crippen LogP contribution is 2.12. The molecule has 0 radical (unpaired) electrons. The molecular formula is C13H18F2N2O. The Labute approximate surface area is 106 Å². The van der Waals surface area contributed by atoms with Gasteiger partial charge in [0.05, 0.1) is 0 Å². The van der Waals surface area contributed by atoms with Gasteiger partial charge in [0.2, 0.25) is 5.91 Å². The number of amides is 1. The third kappa shape index (κ3) is 3.77. The lowest BCUT2D eigenvalue weighted by Gasteiger charge is -2.21. The molecule has 100 valence electrons. The summed E-state index contributed by atoms with van der Waals surface area (Å²) in [5.41, 5.74) is 0.309. The molecule has 1 unspecified atom stereocenters. The van der Waals surface area contributed by atoms with Gasteiger partial charge in [0.1, 0.15) is 11.6 Å². The first-order valence-electron chi connectivity index (χ1n) is 5.79. The third-order valence-electron chi connectivity index (χ3n) is 2.73. The highest BCUT2D eigenvalue weighted by Gasteiger charge is 2.17. The SMILES string of the molecule is CNCC(C)C(=O)N(C)Cc1ccc(F)cc1F. The molecule has 1 aromatic rings. The Morgan fingerprint density at radius 2 is 2.11 bits per heavy atom. The van der Waals surface area contributed by atoms with E-state index in [2.05, 4.69) is 5.32 Å². The van der Waals surface area contributed by atoms with Gasteiger partial charge in [-0.3, -0.25) is 4.79 Å². The average molecular weight is 256 g/mol. The molecule has 1 atom stereocenters. The number of benzene rings is 1. The molecule has 0 heterocycles. The molecule has 1 N–H and O–H groups in total. The van der Waals surface area contributed by atoms with Crippen LogP contribution in [0.5, 0.6) is 0 Å². The van der Waals surface area contributed by atoms with Crippen LogP contribution in [0.1, 0.15) is 12.5 Å². The van der Waals surface area contributed by atoms with Crippen LogP contribution in [0, 0.1) is 17.6 Å². The van der Waals surface area contributed by atoms with E-state index in [0.29, 0.717) is 12.1 Å². The smallest absolute Gasteiger partial charge is 0.226 e. The molecule has 3 nitrogen and oxygen atoms in total. The zero-order chi connectivity index (χ0) is 13.7. The van der Waals surface area contributed by atoms with Crippen LogP contribution in [-0.4, -0.2) is 31.4 Å². The predicted molar refractivity (Wildman–Crippen MR) is 65.9 cm³/mol. The van der Waals surface area contributed by atoms with Gasteiger partial charge in [-0.2, -0.15) is 0 Å². The average Bonchev–Trinajstić information content (AvgIpc) is 2.32. The highest BCUT2D eigenvalue weighted by atomic mass is 19.1. The molecule has 0 bridgehead atoms. The summed E-state index contributed by atoms with van der Waals surface area (Å²) < 4.78 is 26.2. The Bertz CT molecular complexity index is 423. The first-order chi connectivity index (χ1) is 8.45. The minimum absolute atomic E-state index is 0.0759. The first-order valence-corrected chi connectivity index (χ1v) is 5.79. The Hall–Kier alpha value is -1.49. The molecule has 0 aromatic heterocycles. The fraction of sp³-hybridized carbons (Fsp3) is 0.462. The quantitative estimate of drug-likeness (QED) is 0.871. The maximum absolute atomic E-state index is 13.4. The van der Waals surface area contributed by atoms with Crippen molar-refractivity contribution in [3.63, 3.8) is 0 Å². The topological polar surface area (TPSA) is 32.3 Å². The van der Waals surface area contributed by atoms with Crippen LogP contribution in [0.2, 0.25) is 0 Å². The Morgan fingerprint density at radius 1 is 1.44 bits per heavy atom. The van der Waals surface area contributed by atoms with E-state index >= 15 is 0 Å². The first kappa shape index (κ1) is 14.6. The number of carbonyl (C=O) groups is 1. The number of hydrogen-bond acceptors (Lipinski definition) is 2. The van der Waals surface area contributed by atoms with Crippen LogP contribution in [0.3, 0.4) is 0 Å². The van der Waals surface area contributed by atoms with E-state index in [1.54, 1.807) is 21.0 Å².